The van der Waals surface area contributed by atoms with Gasteiger partial charge in [0.2, 0.25) is 0 Å². The molecule has 0 saturated carbocycles. The summed E-state index contributed by atoms with van der Waals surface area (Å²) in [6.07, 6.45) is 2.01. The Bertz CT molecular complexity index is 562. The van der Waals surface area contributed by atoms with Crippen molar-refractivity contribution in [3.63, 3.8) is 0 Å². The zero-order valence-electron chi connectivity index (χ0n) is 12.1. The molecule has 5 heteroatoms. The molecular weight excluding hydrogens is 272 g/mol. The van der Waals surface area contributed by atoms with Gasteiger partial charge >= 0.3 is 5.97 Å². The van der Waals surface area contributed by atoms with Crippen LogP contribution in [0.15, 0.2) is 47.1 Å². The minimum Gasteiger partial charge on any atom is -0.497 e. The first-order valence-electron chi connectivity index (χ1n) is 6.60. The van der Waals surface area contributed by atoms with E-state index < -0.39 is 5.92 Å². The lowest BCUT2D eigenvalue weighted by Gasteiger charge is -2.15. The van der Waals surface area contributed by atoms with Crippen LogP contribution in [0, 0.1) is 5.92 Å². The van der Waals surface area contributed by atoms with Crippen molar-refractivity contribution in [1.29, 1.82) is 0 Å². The van der Waals surface area contributed by atoms with Gasteiger partial charge in [0.15, 0.2) is 0 Å². The Morgan fingerprint density at radius 1 is 1.19 bits per heavy atom. The quantitative estimate of drug-likeness (QED) is 0.734. The van der Waals surface area contributed by atoms with E-state index in [4.69, 9.17) is 18.6 Å². The molecule has 0 amide bonds. The van der Waals surface area contributed by atoms with Crippen LogP contribution in [0.25, 0.3) is 0 Å². The molecule has 1 heterocycles. The van der Waals surface area contributed by atoms with Crippen molar-refractivity contribution in [1.82, 2.24) is 0 Å². The van der Waals surface area contributed by atoms with Crippen LogP contribution in [0.4, 0.5) is 0 Å². The van der Waals surface area contributed by atoms with Crippen LogP contribution >= 0.6 is 0 Å². The summed E-state index contributed by atoms with van der Waals surface area (Å²) >= 11 is 0. The van der Waals surface area contributed by atoms with E-state index in [2.05, 4.69) is 0 Å². The number of esters is 1. The van der Waals surface area contributed by atoms with Crippen molar-refractivity contribution < 1.29 is 23.4 Å². The van der Waals surface area contributed by atoms with E-state index in [1.54, 1.807) is 25.5 Å². The van der Waals surface area contributed by atoms with Crippen LogP contribution < -0.4 is 9.47 Å². The average molecular weight is 290 g/mol. The Kier molecular flexibility index (Phi) is 5.26. The predicted molar refractivity (Wildman–Crippen MR) is 76.4 cm³/mol. The topological polar surface area (TPSA) is 57.9 Å². The van der Waals surface area contributed by atoms with Gasteiger partial charge in [-0.3, -0.25) is 4.79 Å². The first-order chi connectivity index (χ1) is 10.2. The van der Waals surface area contributed by atoms with E-state index in [1.165, 1.54) is 7.11 Å². The second-order valence-electron chi connectivity index (χ2n) is 4.49. The summed E-state index contributed by atoms with van der Waals surface area (Å²) in [4.78, 5) is 11.8. The van der Waals surface area contributed by atoms with Gasteiger partial charge in [-0.2, -0.15) is 0 Å². The lowest BCUT2D eigenvalue weighted by molar-refractivity contribution is -0.146. The number of carbonyl (C=O) groups excluding carboxylic acids is 1. The SMILES string of the molecule is COC(=O)C(COc1cccc(OC)c1)Cc1ccco1. The molecule has 1 unspecified atom stereocenters. The van der Waals surface area contributed by atoms with Crippen molar-refractivity contribution in [2.75, 3.05) is 20.8 Å². The Labute approximate surface area is 123 Å². The third-order valence-electron chi connectivity index (χ3n) is 3.05. The molecule has 1 aromatic carbocycles. The lowest BCUT2D eigenvalue weighted by atomic mass is 10.1. The van der Waals surface area contributed by atoms with Crippen molar-refractivity contribution in [2.45, 2.75) is 6.42 Å². The zero-order valence-corrected chi connectivity index (χ0v) is 12.1. The molecule has 0 saturated heterocycles. The van der Waals surface area contributed by atoms with Gasteiger partial charge in [-0.1, -0.05) is 6.07 Å². The number of rotatable bonds is 7. The van der Waals surface area contributed by atoms with Crippen molar-refractivity contribution >= 4 is 5.97 Å². The van der Waals surface area contributed by atoms with Crippen molar-refractivity contribution in [3.8, 4) is 11.5 Å². The number of methoxy groups -OCH3 is 2. The Balaban J connectivity index is 1.99. The van der Waals surface area contributed by atoms with Crippen molar-refractivity contribution in [3.05, 3.63) is 48.4 Å². The molecule has 0 N–H and O–H groups in total. The van der Waals surface area contributed by atoms with Gasteiger partial charge < -0.3 is 18.6 Å². The largest absolute Gasteiger partial charge is 0.497 e. The first-order valence-corrected chi connectivity index (χ1v) is 6.60. The van der Waals surface area contributed by atoms with Crippen LogP contribution in [0.2, 0.25) is 0 Å². The van der Waals surface area contributed by atoms with Crippen LogP contribution in [0.3, 0.4) is 0 Å². The van der Waals surface area contributed by atoms with Crippen LogP contribution in [-0.2, 0) is 16.0 Å². The number of furan rings is 1. The highest BCUT2D eigenvalue weighted by Crippen LogP contribution is 2.20. The first kappa shape index (κ1) is 15.0. The van der Waals surface area contributed by atoms with Crippen LogP contribution in [0.1, 0.15) is 5.76 Å². The standard InChI is InChI=1S/C16H18O5/c1-18-13-5-3-6-15(10-13)21-11-12(16(17)19-2)9-14-7-4-8-20-14/h3-8,10,12H,9,11H2,1-2H3. The molecule has 1 atom stereocenters. The summed E-state index contributed by atoms with van der Waals surface area (Å²) in [6, 6.07) is 10.8. The maximum absolute atomic E-state index is 11.8. The molecule has 5 nitrogen and oxygen atoms in total. The Morgan fingerprint density at radius 2 is 2.00 bits per heavy atom. The molecule has 0 radical (unpaired) electrons. The normalized spacial score (nSPS) is 11.7. The lowest BCUT2D eigenvalue weighted by Crippen LogP contribution is -2.25. The highest BCUT2D eigenvalue weighted by molar-refractivity contribution is 5.72. The molecule has 0 spiro atoms. The van der Waals surface area contributed by atoms with E-state index in [1.807, 2.05) is 24.3 Å². The summed E-state index contributed by atoms with van der Waals surface area (Å²) in [5, 5.41) is 0. The third-order valence-corrected chi connectivity index (χ3v) is 3.05. The average Bonchev–Trinajstić information content (AvgIpc) is 3.03. The summed E-state index contributed by atoms with van der Waals surface area (Å²) in [7, 11) is 2.95. The van der Waals surface area contributed by atoms with Gasteiger partial charge in [0.1, 0.15) is 23.9 Å². The maximum atomic E-state index is 11.8. The molecule has 2 aromatic rings. The Morgan fingerprint density at radius 3 is 2.67 bits per heavy atom. The number of benzene rings is 1. The minimum absolute atomic E-state index is 0.209. The monoisotopic (exact) mass is 290 g/mol. The maximum Gasteiger partial charge on any atom is 0.312 e. The highest BCUT2D eigenvalue weighted by atomic mass is 16.5. The van der Waals surface area contributed by atoms with Gasteiger partial charge in [0, 0.05) is 12.5 Å². The fourth-order valence-corrected chi connectivity index (χ4v) is 1.94. The number of carbonyl (C=O) groups is 1. The zero-order chi connectivity index (χ0) is 15.1. The predicted octanol–water partition coefficient (Wildman–Crippen LogP) is 2.70. The molecule has 0 aliphatic heterocycles. The summed E-state index contributed by atoms with van der Waals surface area (Å²) in [6.45, 7) is 0.209. The van der Waals surface area contributed by atoms with E-state index in [0.717, 1.165) is 5.76 Å². The highest BCUT2D eigenvalue weighted by Gasteiger charge is 2.22. The van der Waals surface area contributed by atoms with Gasteiger partial charge in [0.05, 0.1) is 26.4 Å². The summed E-state index contributed by atoms with van der Waals surface area (Å²) in [5.41, 5.74) is 0. The summed E-state index contributed by atoms with van der Waals surface area (Å²) in [5.74, 6) is 1.32. The summed E-state index contributed by atoms with van der Waals surface area (Å²) < 4.78 is 20.9. The molecule has 2 rings (SSSR count). The van der Waals surface area contributed by atoms with E-state index in [9.17, 15) is 4.79 Å². The minimum atomic E-state index is -0.424. The second kappa shape index (κ2) is 7.38. The Hall–Kier alpha value is -2.43. The number of hydrogen-bond acceptors (Lipinski definition) is 5. The number of hydrogen-bond donors (Lipinski definition) is 0. The van der Waals surface area contributed by atoms with Crippen LogP contribution in [-0.4, -0.2) is 26.8 Å². The van der Waals surface area contributed by atoms with Crippen molar-refractivity contribution in [2.24, 2.45) is 5.92 Å². The van der Waals surface area contributed by atoms with E-state index >= 15 is 0 Å². The molecule has 0 aliphatic rings. The fraction of sp³-hybridized carbons (Fsp3) is 0.312. The smallest absolute Gasteiger partial charge is 0.312 e. The van der Waals surface area contributed by atoms with Crippen LogP contribution in [0.5, 0.6) is 11.5 Å². The van der Waals surface area contributed by atoms with E-state index in [-0.39, 0.29) is 12.6 Å². The third kappa shape index (κ3) is 4.27. The van der Waals surface area contributed by atoms with Gasteiger partial charge in [0.25, 0.3) is 0 Å². The molecule has 112 valence electrons. The molecule has 1 aromatic heterocycles. The molecule has 0 bridgehead atoms. The molecular formula is C16H18O5. The van der Waals surface area contributed by atoms with Gasteiger partial charge in [-0.15, -0.1) is 0 Å². The fourth-order valence-electron chi connectivity index (χ4n) is 1.94. The molecule has 0 aliphatic carbocycles. The van der Waals surface area contributed by atoms with E-state index in [0.29, 0.717) is 17.9 Å². The van der Waals surface area contributed by atoms with Gasteiger partial charge in [-0.05, 0) is 24.3 Å². The molecule has 0 fully saturated rings. The number of ether oxygens (including phenoxy) is 3. The molecule has 21 heavy (non-hydrogen) atoms. The second-order valence-corrected chi connectivity index (χ2v) is 4.49. The van der Waals surface area contributed by atoms with Gasteiger partial charge in [-0.25, -0.2) is 0 Å².